The highest BCUT2D eigenvalue weighted by Crippen LogP contribution is 2.27. The second-order valence-electron chi connectivity index (χ2n) is 7.37. The molecular formula is C21H27N3O4S2. The van der Waals surface area contributed by atoms with Gasteiger partial charge in [-0.2, -0.15) is 0 Å². The van der Waals surface area contributed by atoms with Crippen molar-refractivity contribution in [2.75, 3.05) is 13.1 Å². The molecule has 7 nitrogen and oxygen atoms in total. The van der Waals surface area contributed by atoms with Gasteiger partial charge in [0.2, 0.25) is 15.9 Å². The van der Waals surface area contributed by atoms with Crippen molar-refractivity contribution in [1.82, 2.24) is 15.0 Å². The minimum absolute atomic E-state index is 0.0157. The number of rotatable bonds is 10. The zero-order valence-corrected chi connectivity index (χ0v) is 18.7. The third-order valence-corrected chi connectivity index (χ3v) is 7.69. The maximum Gasteiger partial charge on any atom is 0.240 e. The Kier molecular flexibility index (Phi) is 7.74. The molecule has 0 fully saturated rings. The second kappa shape index (κ2) is 10.3. The van der Waals surface area contributed by atoms with E-state index in [4.69, 9.17) is 4.98 Å². The van der Waals surface area contributed by atoms with Crippen LogP contribution < -0.4 is 10.0 Å². The third-order valence-electron chi connectivity index (χ3n) is 4.99. The Morgan fingerprint density at radius 3 is 2.53 bits per heavy atom. The summed E-state index contributed by atoms with van der Waals surface area (Å²) in [7, 11) is -3.71. The lowest BCUT2D eigenvalue weighted by molar-refractivity contribution is -0.120. The van der Waals surface area contributed by atoms with Crippen LogP contribution in [0.1, 0.15) is 58.5 Å². The number of ketones is 1. The van der Waals surface area contributed by atoms with Crippen LogP contribution in [0.25, 0.3) is 0 Å². The van der Waals surface area contributed by atoms with E-state index < -0.39 is 10.0 Å². The number of amides is 1. The smallest absolute Gasteiger partial charge is 0.240 e. The molecule has 1 aromatic heterocycles. The van der Waals surface area contributed by atoms with Gasteiger partial charge in [0.15, 0.2) is 5.78 Å². The van der Waals surface area contributed by atoms with Gasteiger partial charge >= 0.3 is 0 Å². The molecule has 162 valence electrons. The van der Waals surface area contributed by atoms with E-state index in [1.54, 1.807) is 11.3 Å². The lowest BCUT2D eigenvalue weighted by atomic mass is 10.0. The fourth-order valence-corrected chi connectivity index (χ4v) is 5.55. The number of aromatic nitrogens is 1. The Hall–Kier alpha value is -2.10. The van der Waals surface area contributed by atoms with Crippen molar-refractivity contribution >= 4 is 33.1 Å². The summed E-state index contributed by atoms with van der Waals surface area (Å²) in [6, 6.07) is 5.72. The molecular weight excluding hydrogens is 422 g/mol. The Morgan fingerprint density at radius 1 is 1.10 bits per heavy atom. The zero-order valence-electron chi connectivity index (χ0n) is 17.1. The first-order chi connectivity index (χ1) is 14.3. The minimum atomic E-state index is -3.71. The van der Waals surface area contributed by atoms with Crippen molar-refractivity contribution in [3.63, 3.8) is 0 Å². The first-order valence-electron chi connectivity index (χ1n) is 10.2. The average molecular weight is 450 g/mol. The molecule has 9 heteroatoms. The van der Waals surface area contributed by atoms with E-state index in [-0.39, 0.29) is 29.6 Å². The van der Waals surface area contributed by atoms with Gasteiger partial charge in [-0.25, -0.2) is 18.1 Å². The van der Waals surface area contributed by atoms with Gasteiger partial charge in [-0.05, 0) is 51.2 Å². The Morgan fingerprint density at radius 2 is 1.83 bits per heavy atom. The Bertz CT molecular complexity index is 974. The molecule has 1 aliphatic carbocycles. The summed E-state index contributed by atoms with van der Waals surface area (Å²) in [5.74, 6) is -0.318. The first kappa shape index (κ1) is 22.6. The molecule has 1 heterocycles. The van der Waals surface area contributed by atoms with Crippen molar-refractivity contribution in [3.05, 3.63) is 45.4 Å². The third kappa shape index (κ3) is 6.20. The molecule has 2 aromatic rings. The fraction of sp³-hybridized carbons (Fsp3) is 0.476. The van der Waals surface area contributed by atoms with Crippen LogP contribution >= 0.6 is 11.3 Å². The maximum absolute atomic E-state index is 12.3. The highest BCUT2D eigenvalue weighted by molar-refractivity contribution is 7.89. The largest absolute Gasteiger partial charge is 0.356 e. The van der Waals surface area contributed by atoms with Crippen LogP contribution in [0, 0.1) is 0 Å². The van der Waals surface area contributed by atoms with E-state index >= 15 is 0 Å². The number of sulfonamides is 1. The minimum Gasteiger partial charge on any atom is -0.356 e. The predicted molar refractivity (Wildman–Crippen MR) is 116 cm³/mol. The molecule has 30 heavy (non-hydrogen) atoms. The number of benzene rings is 1. The molecule has 0 aliphatic heterocycles. The van der Waals surface area contributed by atoms with Crippen molar-refractivity contribution in [3.8, 4) is 0 Å². The summed E-state index contributed by atoms with van der Waals surface area (Å²) in [5, 5.41) is 3.96. The molecule has 2 N–H and O–H groups in total. The van der Waals surface area contributed by atoms with Crippen LogP contribution in [0.2, 0.25) is 0 Å². The number of aryl methyl sites for hydroxylation is 3. The molecule has 0 saturated carbocycles. The van der Waals surface area contributed by atoms with Gasteiger partial charge in [0.05, 0.1) is 15.6 Å². The molecule has 0 bridgehead atoms. The van der Waals surface area contributed by atoms with Gasteiger partial charge in [0, 0.05) is 36.4 Å². The lowest BCUT2D eigenvalue weighted by Crippen LogP contribution is -2.31. The Labute approximate surface area is 181 Å². The van der Waals surface area contributed by atoms with E-state index in [2.05, 4.69) is 10.0 Å². The van der Waals surface area contributed by atoms with Crippen molar-refractivity contribution in [1.29, 1.82) is 0 Å². The summed E-state index contributed by atoms with van der Waals surface area (Å²) in [6.07, 6.45) is 6.42. The van der Waals surface area contributed by atoms with Gasteiger partial charge in [-0.3, -0.25) is 9.59 Å². The van der Waals surface area contributed by atoms with E-state index in [0.29, 0.717) is 12.1 Å². The van der Waals surface area contributed by atoms with Crippen LogP contribution in [0.5, 0.6) is 0 Å². The normalized spacial score (nSPS) is 13.6. The van der Waals surface area contributed by atoms with Crippen molar-refractivity contribution < 1.29 is 18.0 Å². The Balaban J connectivity index is 1.35. The number of hydrogen-bond donors (Lipinski definition) is 2. The number of carbonyl (C=O) groups is 2. The maximum atomic E-state index is 12.3. The number of thiazole rings is 1. The van der Waals surface area contributed by atoms with E-state index in [9.17, 15) is 18.0 Å². The van der Waals surface area contributed by atoms with Crippen LogP contribution in [-0.2, 0) is 34.1 Å². The number of fused-ring (bicyclic) bond motifs is 1. The fourth-order valence-electron chi connectivity index (χ4n) is 3.32. The summed E-state index contributed by atoms with van der Waals surface area (Å²) < 4.78 is 26.9. The summed E-state index contributed by atoms with van der Waals surface area (Å²) in [4.78, 5) is 29.4. The molecule has 3 rings (SSSR count). The topological polar surface area (TPSA) is 105 Å². The average Bonchev–Trinajstić information content (AvgIpc) is 3.14. The number of carbonyl (C=O) groups excluding carboxylic acids is 2. The molecule has 0 spiro atoms. The van der Waals surface area contributed by atoms with Crippen molar-refractivity contribution in [2.24, 2.45) is 0 Å². The predicted octanol–water partition coefficient (Wildman–Crippen LogP) is 2.64. The SMILES string of the molecule is CC(=O)c1ccc(S(=O)(=O)NCCC(=O)NCCCc2nc3c(s2)CCCC3)cc1. The lowest BCUT2D eigenvalue weighted by Gasteiger charge is -2.08. The number of nitrogens with one attached hydrogen (secondary N) is 2. The van der Waals surface area contributed by atoms with Gasteiger partial charge < -0.3 is 5.32 Å². The van der Waals surface area contributed by atoms with Crippen LogP contribution in [0.3, 0.4) is 0 Å². The van der Waals surface area contributed by atoms with Gasteiger partial charge in [-0.1, -0.05) is 12.1 Å². The highest BCUT2D eigenvalue weighted by atomic mass is 32.2. The summed E-state index contributed by atoms with van der Waals surface area (Å²) in [5.41, 5.74) is 1.71. The molecule has 0 atom stereocenters. The van der Waals surface area contributed by atoms with E-state index in [0.717, 1.165) is 30.7 Å². The second-order valence-corrected chi connectivity index (χ2v) is 10.3. The number of Topliss-reactive ketones (excluding diaryl/α,β-unsaturated/α-hetero) is 1. The van der Waals surface area contributed by atoms with Gasteiger partial charge in [0.1, 0.15) is 0 Å². The molecule has 1 amide bonds. The summed E-state index contributed by atoms with van der Waals surface area (Å²) >= 11 is 1.79. The standard InChI is InChI=1S/C21H27N3O4S2/c1-15(25)16-8-10-17(11-9-16)30(27,28)23-14-12-20(26)22-13-4-7-21-24-18-5-2-3-6-19(18)29-21/h8-11,23H,2-7,12-14H2,1H3,(H,22,26). The first-order valence-corrected chi connectivity index (χ1v) is 12.5. The zero-order chi connectivity index (χ0) is 21.6. The quantitative estimate of drug-likeness (QED) is 0.429. The van der Waals surface area contributed by atoms with Crippen LogP contribution in [0.15, 0.2) is 29.2 Å². The highest BCUT2D eigenvalue weighted by Gasteiger charge is 2.16. The monoisotopic (exact) mass is 449 g/mol. The molecule has 1 aliphatic rings. The number of hydrogen-bond acceptors (Lipinski definition) is 6. The van der Waals surface area contributed by atoms with Gasteiger partial charge in [-0.15, -0.1) is 11.3 Å². The summed E-state index contributed by atoms with van der Waals surface area (Å²) in [6.45, 7) is 1.98. The molecule has 0 saturated heterocycles. The molecule has 0 unspecified atom stereocenters. The van der Waals surface area contributed by atoms with E-state index in [1.807, 2.05) is 0 Å². The number of nitrogens with zero attached hydrogens (tertiary/aromatic N) is 1. The van der Waals surface area contributed by atoms with Crippen molar-refractivity contribution in [2.45, 2.75) is 56.8 Å². The molecule has 1 aromatic carbocycles. The van der Waals surface area contributed by atoms with Gasteiger partial charge in [0.25, 0.3) is 0 Å². The van der Waals surface area contributed by atoms with Crippen LogP contribution in [0.4, 0.5) is 0 Å². The van der Waals surface area contributed by atoms with E-state index in [1.165, 1.54) is 54.6 Å². The van der Waals surface area contributed by atoms with Crippen LogP contribution in [-0.4, -0.2) is 38.2 Å². The molecule has 0 radical (unpaired) electrons.